The Balaban J connectivity index is 2.28. The smallest absolute Gasteiger partial charge is 0.126 e. The van der Waals surface area contributed by atoms with E-state index in [2.05, 4.69) is 6.08 Å². The molecule has 3 nitrogen and oxygen atoms in total. The number of methoxy groups -OCH3 is 1. The Morgan fingerprint density at radius 3 is 2.63 bits per heavy atom. The molecule has 4 heteroatoms. The molecule has 2 aromatic rings. The molecule has 138 valence electrons. The lowest BCUT2D eigenvalue weighted by molar-refractivity contribution is 0.307. The van der Waals surface area contributed by atoms with Crippen LogP contribution in [-0.4, -0.2) is 13.3 Å². The summed E-state index contributed by atoms with van der Waals surface area (Å²) < 4.78 is 19.3. The second kappa shape index (κ2) is 8.04. The second-order valence-electron chi connectivity index (χ2n) is 6.54. The van der Waals surface area contributed by atoms with Gasteiger partial charge in [0, 0.05) is 17.5 Å². The number of benzene rings is 2. The van der Waals surface area contributed by atoms with Gasteiger partial charge in [0.1, 0.15) is 11.6 Å². The van der Waals surface area contributed by atoms with Crippen molar-refractivity contribution in [1.82, 2.24) is 0 Å². The minimum atomic E-state index is -0.210. The molecule has 0 spiro atoms. The molecule has 2 aromatic carbocycles. The van der Waals surface area contributed by atoms with Gasteiger partial charge < -0.3 is 15.9 Å². The summed E-state index contributed by atoms with van der Waals surface area (Å²) in [5, 5.41) is 7.60. The third-order valence-corrected chi connectivity index (χ3v) is 4.75. The van der Waals surface area contributed by atoms with E-state index in [0.29, 0.717) is 16.8 Å². The predicted octanol–water partition coefficient (Wildman–Crippen LogP) is 5.51. The number of aryl methyl sites for hydroxylation is 1. The normalized spacial score (nSPS) is 14.4. The third kappa shape index (κ3) is 4.00. The standard InChI is InChI=1S/C23H23FN2O/c1-15-11-16(7-9-22(15)24)20-6-4-3-5-19(27-2)13-21(20)17-8-10-23(26)18(12-17)14-25/h3,5,7-14,25H,4,6,26H2,1-2H3. The first-order chi connectivity index (χ1) is 13.0. The van der Waals surface area contributed by atoms with Crippen molar-refractivity contribution < 1.29 is 9.13 Å². The van der Waals surface area contributed by atoms with Gasteiger partial charge in [-0.05, 0) is 84.0 Å². The highest BCUT2D eigenvalue weighted by molar-refractivity contribution is 5.98. The first-order valence-corrected chi connectivity index (χ1v) is 8.85. The van der Waals surface area contributed by atoms with Crippen LogP contribution < -0.4 is 5.73 Å². The van der Waals surface area contributed by atoms with E-state index >= 15 is 0 Å². The zero-order valence-corrected chi connectivity index (χ0v) is 15.6. The van der Waals surface area contributed by atoms with Crippen LogP contribution in [0.25, 0.3) is 11.1 Å². The fraction of sp³-hybridized carbons (Fsp3) is 0.174. The lowest BCUT2D eigenvalue weighted by atomic mass is 9.88. The van der Waals surface area contributed by atoms with E-state index in [1.165, 1.54) is 12.3 Å². The molecule has 0 aromatic heterocycles. The third-order valence-electron chi connectivity index (χ3n) is 4.75. The molecule has 27 heavy (non-hydrogen) atoms. The molecular weight excluding hydrogens is 339 g/mol. The minimum Gasteiger partial charge on any atom is -0.497 e. The molecule has 3 N–H and O–H groups in total. The van der Waals surface area contributed by atoms with Crippen LogP contribution in [0, 0.1) is 18.2 Å². The highest BCUT2D eigenvalue weighted by Gasteiger charge is 2.14. The van der Waals surface area contributed by atoms with Crippen LogP contribution in [0.3, 0.4) is 0 Å². The molecule has 0 bridgehead atoms. The molecule has 0 unspecified atom stereocenters. The van der Waals surface area contributed by atoms with E-state index < -0.39 is 0 Å². The number of halogens is 1. The summed E-state index contributed by atoms with van der Waals surface area (Å²) in [6.45, 7) is 1.77. The minimum absolute atomic E-state index is 0.210. The molecule has 0 fully saturated rings. The molecule has 0 atom stereocenters. The van der Waals surface area contributed by atoms with E-state index in [9.17, 15) is 4.39 Å². The summed E-state index contributed by atoms with van der Waals surface area (Å²) in [5.74, 6) is 0.535. The molecule has 0 aliphatic heterocycles. The van der Waals surface area contributed by atoms with Crippen molar-refractivity contribution in [2.24, 2.45) is 0 Å². The maximum absolute atomic E-state index is 13.8. The van der Waals surface area contributed by atoms with Crippen LogP contribution in [0.2, 0.25) is 0 Å². The summed E-state index contributed by atoms with van der Waals surface area (Å²) >= 11 is 0. The van der Waals surface area contributed by atoms with E-state index in [4.69, 9.17) is 15.9 Å². The van der Waals surface area contributed by atoms with Crippen LogP contribution in [-0.2, 0) is 4.74 Å². The van der Waals surface area contributed by atoms with Gasteiger partial charge in [0.15, 0.2) is 0 Å². The van der Waals surface area contributed by atoms with Gasteiger partial charge in [0.05, 0.1) is 7.11 Å². The van der Waals surface area contributed by atoms with Gasteiger partial charge in [0.25, 0.3) is 0 Å². The second-order valence-corrected chi connectivity index (χ2v) is 6.54. The number of allylic oxidation sites excluding steroid dienone is 5. The topological polar surface area (TPSA) is 59.1 Å². The van der Waals surface area contributed by atoms with Gasteiger partial charge in [-0.25, -0.2) is 4.39 Å². The molecular formula is C23H23FN2O. The molecule has 0 heterocycles. The number of hydrogen-bond acceptors (Lipinski definition) is 3. The van der Waals surface area contributed by atoms with E-state index in [0.717, 1.165) is 40.9 Å². The zero-order chi connectivity index (χ0) is 19.4. The summed E-state index contributed by atoms with van der Waals surface area (Å²) in [7, 11) is 1.64. The van der Waals surface area contributed by atoms with Crippen molar-refractivity contribution in [3.63, 3.8) is 0 Å². The van der Waals surface area contributed by atoms with Gasteiger partial charge in [0.2, 0.25) is 0 Å². The fourth-order valence-electron chi connectivity index (χ4n) is 3.22. The lowest BCUT2D eigenvalue weighted by Crippen LogP contribution is -1.99. The molecule has 1 aliphatic carbocycles. The van der Waals surface area contributed by atoms with Crippen molar-refractivity contribution in [2.45, 2.75) is 19.8 Å². The summed E-state index contributed by atoms with van der Waals surface area (Å²) in [6, 6.07) is 10.9. The van der Waals surface area contributed by atoms with Crippen molar-refractivity contribution in [3.8, 4) is 0 Å². The Bertz CT molecular complexity index is 970. The molecule has 0 radical (unpaired) electrons. The summed E-state index contributed by atoms with van der Waals surface area (Å²) in [6.07, 6.45) is 8.95. The monoisotopic (exact) mass is 362 g/mol. The highest BCUT2D eigenvalue weighted by atomic mass is 19.1. The SMILES string of the molecule is COC1=CC(c2ccc(N)c(C=N)c2)=C(c2ccc(F)c(C)c2)CCC=C1. The van der Waals surface area contributed by atoms with Gasteiger partial charge >= 0.3 is 0 Å². The van der Waals surface area contributed by atoms with E-state index in [-0.39, 0.29) is 5.82 Å². The number of rotatable bonds is 4. The molecule has 1 aliphatic rings. The van der Waals surface area contributed by atoms with Crippen molar-refractivity contribution in [1.29, 1.82) is 5.41 Å². The van der Waals surface area contributed by atoms with Crippen molar-refractivity contribution >= 4 is 23.0 Å². The Morgan fingerprint density at radius 2 is 1.93 bits per heavy atom. The number of anilines is 1. The van der Waals surface area contributed by atoms with E-state index in [1.54, 1.807) is 14.0 Å². The highest BCUT2D eigenvalue weighted by Crippen LogP contribution is 2.35. The summed E-state index contributed by atoms with van der Waals surface area (Å²) in [4.78, 5) is 0. The van der Waals surface area contributed by atoms with Gasteiger partial charge in [-0.15, -0.1) is 0 Å². The molecule has 0 saturated heterocycles. The lowest BCUT2D eigenvalue weighted by Gasteiger charge is -2.18. The molecule has 0 saturated carbocycles. The van der Waals surface area contributed by atoms with Gasteiger partial charge in [-0.1, -0.05) is 18.2 Å². The number of ether oxygens (including phenoxy) is 1. The van der Waals surface area contributed by atoms with Crippen LogP contribution in [0.5, 0.6) is 0 Å². The Labute approximate surface area is 159 Å². The molecule has 0 amide bonds. The summed E-state index contributed by atoms with van der Waals surface area (Å²) in [5.41, 5.74) is 11.8. The van der Waals surface area contributed by atoms with Crippen molar-refractivity contribution in [2.75, 3.05) is 12.8 Å². The predicted molar refractivity (Wildman–Crippen MR) is 110 cm³/mol. The number of nitrogen functional groups attached to an aromatic ring is 1. The number of nitrogens with two attached hydrogens (primary N) is 1. The number of nitrogens with one attached hydrogen (secondary N) is 1. The fourth-order valence-corrected chi connectivity index (χ4v) is 3.22. The average molecular weight is 362 g/mol. The quantitative estimate of drug-likeness (QED) is 0.557. The van der Waals surface area contributed by atoms with Crippen LogP contribution >= 0.6 is 0 Å². The van der Waals surface area contributed by atoms with Crippen LogP contribution in [0.15, 0.2) is 60.4 Å². The van der Waals surface area contributed by atoms with Crippen LogP contribution in [0.4, 0.5) is 10.1 Å². The Morgan fingerprint density at radius 1 is 1.15 bits per heavy atom. The maximum atomic E-state index is 13.8. The Hall–Kier alpha value is -3.14. The van der Waals surface area contributed by atoms with Gasteiger partial charge in [-0.2, -0.15) is 0 Å². The Kier molecular flexibility index (Phi) is 5.55. The number of hydrogen-bond donors (Lipinski definition) is 2. The average Bonchev–Trinajstić information content (AvgIpc) is 2.65. The van der Waals surface area contributed by atoms with Gasteiger partial charge in [-0.3, -0.25) is 0 Å². The maximum Gasteiger partial charge on any atom is 0.126 e. The van der Waals surface area contributed by atoms with Crippen LogP contribution in [0.1, 0.15) is 35.1 Å². The molecule has 3 rings (SSSR count). The van der Waals surface area contributed by atoms with E-state index in [1.807, 2.05) is 42.5 Å². The first kappa shape index (κ1) is 18.6. The first-order valence-electron chi connectivity index (χ1n) is 8.85. The van der Waals surface area contributed by atoms with Crippen molar-refractivity contribution in [3.05, 3.63) is 88.5 Å². The zero-order valence-electron chi connectivity index (χ0n) is 15.6. The largest absolute Gasteiger partial charge is 0.497 e.